The van der Waals surface area contributed by atoms with Crippen LogP contribution in [0.25, 0.3) is 5.65 Å². The standard InChI is InChI=1S/C12H17N3O2.C2H6/c1-8-6-13-11-5-10(7-14-15(8)11)17-9(2)12(3,4)16;1-2/h5-7,9,16H,1-4H3;1-2H3. The third-order valence-corrected chi connectivity index (χ3v) is 2.81. The Labute approximate surface area is 114 Å². The minimum atomic E-state index is -0.891. The number of nitrogens with zero attached hydrogens (tertiary/aromatic N) is 3. The average Bonchev–Trinajstić information content (AvgIpc) is 2.72. The van der Waals surface area contributed by atoms with Crippen LogP contribution in [0.1, 0.15) is 40.3 Å². The lowest BCUT2D eigenvalue weighted by atomic mass is 10.0. The minimum Gasteiger partial charge on any atom is -0.486 e. The molecule has 0 spiro atoms. The fourth-order valence-corrected chi connectivity index (χ4v) is 1.39. The van der Waals surface area contributed by atoms with Crippen molar-refractivity contribution in [2.24, 2.45) is 0 Å². The second-order valence-corrected chi connectivity index (χ2v) is 4.77. The molecule has 0 aliphatic heterocycles. The molecule has 2 heterocycles. The van der Waals surface area contributed by atoms with E-state index >= 15 is 0 Å². The number of hydrogen-bond acceptors (Lipinski definition) is 4. The molecule has 0 radical (unpaired) electrons. The maximum Gasteiger partial charge on any atom is 0.157 e. The van der Waals surface area contributed by atoms with E-state index in [1.807, 2.05) is 33.8 Å². The fourth-order valence-electron chi connectivity index (χ4n) is 1.39. The second kappa shape index (κ2) is 6.02. The van der Waals surface area contributed by atoms with Crippen molar-refractivity contribution in [2.75, 3.05) is 0 Å². The highest BCUT2D eigenvalue weighted by molar-refractivity contribution is 5.43. The molecular weight excluding hydrogens is 242 g/mol. The summed E-state index contributed by atoms with van der Waals surface area (Å²) >= 11 is 0. The zero-order chi connectivity index (χ0) is 14.6. The predicted octanol–water partition coefficient (Wildman–Crippen LogP) is 2.60. The van der Waals surface area contributed by atoms with E-state index in [2.05, 4.69) is 10.1 Å². The number of ether oxygens (including phenoxy) is 1. The van der Waals surface area contributed by atoms with Gasteiger partial charge in [-0.15, -0.1) is 0 Å². The van der Waals surface area contributed by atoms with Crippen LogP contribution in [0, 0.1) is 6.92 Å². The van der Waals surface area contributed by atoms with Gasteiger partial charge in [-0.2, -0.15) is 5.10 Å². The number of imidazole rings is 1. The molecule has 0 saturated heterocycles. The summed E-state index contributed by atoms with van der Waals surface area (Å²) in [7, 11) is 0. The molecule has 0 bridgehead atoms. The van der Waals surface area contributed by atoms with Crippen LogP contribution in [-0.2, 0) is 0 Å². The van der Waals surface area contributed by atoms with Gasteiger partial charge in [0, 0.05) is 6.07 Å². The van der Waals surface area contributed by atoms with Crippen LogP contribution >= 0.6 is 0 Å². The first-order valence-electron chi connectivity index (χ1n) is 6.57. The Morgan fingerprint density at radius 1 is 1.32 bits per heavy atom. The van der Waals surface area contributed by atoms with Crippen LogP contribution in [0.5, 0.6) is 5.75 Å². The Hall–Kier alpha value is -1.62. The van der Waals surface area contributed by atoms with Crippen molar-refractivity contribution in [1.29, 1.82) is 0 Å². The highest BCUT2D eigenvalue weighted by Gasteiger charge is 2.24. The van der Waals surface area contributed by atoms with Gasteiger partial charge in [-0.25, -0.2) is 9.50 Å². The van der Waals surface area contributed by atoms with Gasteiger partial charge in [-0.1, -0.05) is 13.8 Å². The summed E-state index contributed by atoms with van der Waals surface area (Å²) in [5, 5.41) is 14.0. The molecule has 2 aromatic heterocycles. The van der Waals surface area contributed by atoms with Crippen LogP contribution in [0.4, 0.5) is 0 Å². The van der Waals surface area contributed by atoms with Gasteiger partial charge >= 0.3 is 0 Å². The molecule has 1 unspecified atom stereocenters. The Morgan fingerprint density at radius 2 is 1.95 bits per heavy atom. The molecule has 19 heavy (non-hydrogen) atoms. The lowest BCUT2D eigenvalue weighted by molar-refractivity contribution is -0.0243. The minimum absolute atomic E-state index is 0.317. The summed E-state index contributed by atoms with van der Waals surface area (Å²) < 4.78 is 7.37. The maximum atomic E-state index is 9.80. The molecule has 0 saturated carbocycles. The number of fused-ring (bicyclic) bond motifs is 1. The first-order chi connectivity index (χ1) is 8.88. The van der Waals surface area contributed by atoms with E-state index in [-0.39, 0.29) is 6.10 Å². The highest BCUT2D eigenvalue weighted by Crippen LogP contribution is 2.19. The van der Waals surface area contributed by atoms with Crippen molar-refractivity contribution in [3.05, 3.63) is 24.2 Å². The Morgan fingerprint density at radius 3 is 2.53 bits per heavy atom. The van der Waals surface area contributed by atoms with Crippen LogP contribution < -0.4 is 4.74 Å². The van der Waals surface area contributed by atoms with Gasteiger partial charge in [0.2, 0.25) is 0 Å². The largest absolute Gasteiger partial charge is 0.486 e. The summed E-state index contributed by atoms with van der Waals surface area (Å²) in [6.07, 6.45) is 3.07. The normalized spacial score (nSPS) is 12.8. The summed E-state index contributed by atoms with van der Waals surface area (Å²) in [4.78, 5) is 4.21. The Kier molecular flexibility index (Phi) is 4.89. The molecule has 0 aliphatic carbocycles. The number of aromatic nitrogens is 3. The van der Waals surface area contributed by atoms with Crippen LogP contribution in [0.2, 0.25) is 0 Å². The molecule has 5 nitrogen and oxygen atoms in total. The summed E-state index contributed by atoms with van der Waals surface area (Å²) in [5.41, 5.74) is 0.822. The number of aliphatic hydroxyl groups is 1. The molecule has 0 aromatic carbocycles. The van der Waals surface area contributed by atoms with Crippen LogP contribution in [0.3, 0.4) is 0 Å². The predicted molar refractivity (Wildman–Crippen MR) is 75.5 cm³/mol. The van der Waals surface area contributed by atoms with E-state index in [0.29, 0.717) is 5.75 Å². The van der Waals surface area contributed by atoms with Gasteiger partial charge in [-0.3, -0.25) is 0 Å². The third-order valence-electron chi connectivity index (χ3n) is 2.81. The number of aryl methyl sites for hydroxylation is 1. The van der Waals surface area contributed by atoms with Crippen LogP contribution in [-0.4, -0.2) is 31.4 Å². The number of rotatable bonds is 3. The zero-order valence-corrected chi connectivity index (χ0v) is 12.5. The highest BCUT2D eigenvalue weighted by atomic mass is 16.5. The van der Waals surface area contributed by atoms with Crippen molar-refractivity contribution in [1.82, 2.24) is 14.6 Å². The quantitative estimate of drug-likeness (QED) is 0.926. The SMILES string of the molecule is CC.Cc1cnc2cc(OC(C)C(C)(C)O)cnn12. The maximum absolute atomic E-state index is 9.80. The van der Waals surface area contributed by atoms with E-state index in [9.17, 15) is 5.11 Å². The molecule has 5 heteroatoms. The Bertz CT molecular complexity index is 529. The van der Waals surface area contributed by atoms with Crippen molar-refractivity contribution in [3.63, 3.8) is 0 Å². The van der Waals surface area contributed by atoms with Gasteiger partial charge in [0.05, 0.1) is 23.7 Å². The lowest BCUT2D eigenvalue weighted by Crippen LogP contribution is -2.37. The van der Waals surface area contributed by atoms with E-state index in [1.165, 1.54) is 0 Å². The second-order valence-electron chi connectivity index (χ2n) is 4.77. The average molecular weight is 265 g/mol. The smallest absolute Gasteiger partial charge is 0.157 e. The molecular formula is C14H23N3O2. The van der Waals surface area contributed by atoms with Gasteiger partial charge in [0.15, 0.2) is 5.65 Å². The number of hydrogen-bond donors (Lipinski definition) is 1. The molecule has 1 atom stereocenters. The van der Waals surface area contributed by atoms with E-state index < -0.39 is 5.60 Å². The van der Waals surface area contributed by atoms with Crippen molar-refractivity contribution in [2.45, 2.75) is 53.2 Å². The molecule has 0 amide bonds. The molecule has 2 aromatic rings. The van der Waals surface area contributed by atoms with E-state index in [0.717, 1.165) is 11.3 Å². The van der Waals surface area contributed by atoms with E-state index in [4.69, 9.17) is 4.74 Å². The summed E-state index contributed by atoms with van der Waals surface area (Å²) in [6, 6.07) is 1.81. The molecule has 0 aliphatic rings. The molecule has 106 valence electrons. The van der Waals surface area contributed by atoms with Crippen molar-refractivity contribution < 1.29 is 9.84 Å². The monoisotopic (exact) mass is 265 g/mol. The summed E-state index contributed by atoms with van der Waals surface area (Å²) in [6.45, 7) is 11.2. The van der Waals surface area contributed by atoms with Gasteiger partial charge < -0.3 is 9.84 Å². The first kappa shape index (κ1) is 15.4. The van der Waals surface area contributed by atoms with Crippen molar-refractivity contribution in [3.8, 4) is 5.75 Å². The lowest BCUT2D eigenvalue weighted by Gasteiger charge is -2.26. The Balaban J connectivity index is 0.000000861. The first-order valence-corrected chi connectivity index (χ1v) is 6.57. The summed E-state index contributed by atoms with van der Waals surface area (Å²) in [5.74, 6) is 0.609. The van der Waals surface area contributed by atoms with Crippen molar-refractivity contribution >= 4 is 5.65 Å². The van der Waals surface area contributed by atoms with Gasteiger partial charge in [0.1, 0.15) is 11.9 Å². The van der Waals surface area contributed by atoms with Gasteiger partial charge in [0.25, 0.3) is 0 Å². The molecule has 1 N–H and O–H groups in total. The molecule has 0 fully saturated rings. The third kappa shape index (κ3) is 3.67. The topological polar surface area (TPSA) is 59.7 Å². The van der Waals surface area contributed by atoms with E-state index in [1.54, 1.807) is 30.8 Å². The fraction of sp³-hybridized carbons (Fsp3) is 0.571. The zero-order valence-electron chi connectivity index (χ0n) is 12.5. The molecule has 2 rings (SSSR count). The van der Waals surface area contributed by atoms with Crippen LogP contribution in [0.15, 0.2) is 18.5 Å². The van der Waals surface area contributed by atoms with Gasteiger partial charge in [-0.05, 0) is 27.7 Å².